The summed E-state index contributed by atoms with van der Waals surface area (Å²) in [6, 6.07) is 0. The van der Waals surface area contributed by atoms with E-state index in [9.17, 15) is 4.79 Å². The van der Waals surface area contributed by atoms with Gasteiger partial charge in [-0.2, -0.15) is 0 Å². The van der Waals surface area contributed by atoms with E-state index in [1.807, 2.05) is 0 Å². The summed E-state index contributed by atoms with van der Waals surface area (Å²) in [5.74, 6) is 0.227. The molecule has 1 aliphatic rings. The number of carbonyl (C=O) groups is 1. The highest BCUT2D eigenvalue weighted by atomic mass is 16.3. The summed E-state index contributed by atoms with van der Waals surface area (Å²) in [7, 11) is 0. The molecule has 15 heavy (non-hydrogen) atoms. The van der Waals surface area contributed by atoms with Gasteiger partial charge >= 0.3 is 0 Å². The average molecular weight is 213 g/mol. The van der Waals surface area contributed by atoms with Crippen molar-refractivity contribution >= 4 is 5.91 Å². The number of amides is 1. The van der Waals surface area contributed by atoms with E-state index >= 15 is 0 Å². The zero-order valence-electron chi connectivity index (χ0n) is 10.0. The molecule has 1 fully saturated rings. The van der Waals surface area contributed by atoms with Gasteiger partial charge in [0.1, 0.15) is 0 Å². The first-order valence-corrected chi connectivity index (χ1v) is 5.89. The fourth-order valence-corrected chi connectivity index (χ4v) is 2.35. The second-order valence-corrected chi connectivity index (χ2v) is 5.38. The van der Waals surface area contributed by atoms with Gasteiger partial charge in [0.25, 0.3) is 0 Å². The van der Waals surface area contributed by atoms with Gasteiger partial charge in [-0.05, 0) is 25.2 Å². The molecule has 2 N–H and O–H groups in total. The number of rotatable bonds is 3. The molecule has 0 aromatic carbocycles. The lowest BCUT2D eigenvalue weighted by atomic mass is 9.68. The third-order valence-corrected chi connectivity index (χ3v) is 3.40. The molecule has 3 heteroatoms. The molecule has 1 saturated carbocycles. The van der Waals surface area contributed by atoms with E-state index in [-0.39, 0.29) is 17.2 Å². The van der Waals surface area contributed by atoms with Crippen molar-refractivity contribution in [2.24, 2.45) is 11.3 Å². The van der Waals surface area contributed by atoms with E-state index in [2.05, 4.69) is 19.2 Å². The molecule has 0 aliphatic heterocycles. The number of nitrogens with one attached hydrogen (secondary N) is 1. The molecule has 0 bridgehead atoms. The maximum absolute atomic E-state index is 11.9. The third-order valence-electron chi connectivity index (χ3n) is 3.40. The Morgan fingerprint density at radius 3 is 2.73 bits per heavy atom. The van der Waals surface area contributed by atoms with Gasteiger partial charge in [0.2, 0.25) is 5.91 Å². The van der Waals surface area contributed by atoms with Gasteiger partial charge in [0, 0.05) is 12.5 Å². The van der Waals surface area contributed by atoms with Gasteiger partial charge < -0.3 is 10.4 Å². The lowest BCUT2D eigenvalue weighted by molar-refractivity contribution is -0.130. The minimum absolute atomic E-state index is 0.112. The van der Waals surface area contributed by atoms with Crippen LogP contribution in [-0.4, -0.2) is 23.7 Å². The van der Waals surface area contributed by atoms with E-state index < -0.39 is 6.10 Å². The predicted octanol–water partition coefficient (Wildman–Crippen LogP) is 1.70. The third kappa shape index (κ3) is 3.49. The van der Waals surface area contributed by atoms with Crippen LogP contribution in [0.5, 0.6) is 0 Å². The minimum atomic E-state index is -0.458. The van der Waals surface area contributed by atoms with E-state index in [1.54, 1.807) is 6.92 Å². The summed E-state index contributed by atoms with van der Waals surface area (Å²) >= 11 is 0. The zero-order valence-corrected chi connectivity index (χ0v) is 10.0. The summed E-state index contributed by atoms with van der Waals surface area (Å²) in [5, 5.41) is 11.9. The molecule has 3 nitrogen and oxygen atoms in total. The fraction of sp³-hybridized carbons (Fsp3) is 0.917. The molecule has 1 aliphatic carbocycles. The van der Waals surface area contributed by atoms with Gasteiger partial charge in [-0.25, -0.2) is 0 Å². The number of carbonyl (C=O) groups excluding carboxylic acids is 1. The van der Waals surface area contributed by atoms with Crippen LogP contribution in [0.1, 0.15) is 46.5 Å². The summed E-state index contributed by atoms with van der Waals surface area (Å²) in [6.07, 6.45) is 4.03. The Labute approximate surface area is 92.3 Å². The van der Waals surface area contributed by atoms with Crippen LogP contribution >= 0.6 is 0 Å². The Morgan fingerprint density at radius 1 is 1.53 bits per heavy atom. The summed E-state index contributed by atoms with van der Waals surface area (Å²) in [4.78, 5) is 11.9. The molecule has 0 aromatic rings. The summed E-state index contributed by atoms with van der Waals surface area (Å²) in [5.41, 5.74) is 0.112. The van der Waals surface area contributed by atoms with E-state index in [0.29, 0.717) is 6.54 Å². The van der Waals surface area contributed by atoms with E-state index in [4.69, 9.17) is 5.11 Å². The smallest absolute Gasteiger partial charge is 0.223 e. The summed E-state index contributed by atoms with van der Waals surface area (Å²) < 4.78 is 0. The quantitative estimate of drug-likeness (QED) is 0.749. The first-order chi connectivity index (χ1) is 6.93. The van der Waals surface area contributed by atoms with Crippen LogP contribution in [0.3, 0.4) is 0 Å². The van der Waals surface area contributed by atoms with Crippen LogP contribution in [0, 0.1) is 11.3 Å². The fourth-order valence-electron chi connectivity index (χ4n) is 2.35. The van der Waals surface area contributed by atoms with Gasteiger partial charge in [-0.3, -0.25) is 4.79 Å². The molecule has 0 radical (unpaired) electrons. The van der Waals surface area contributed by atoms with Crippen LogP contribution in [0.25, 0.3) is 0 Å². The molecule has 0 spiro atoms. The van der Waals surface area contributed by atoms with Crippen molar-refractivity contribution in [2.75, 3.05) is 6.54 Å². The molecule has 0 heterocycles. The number of aliphatic hydroxyl groups excluding tert-OH is 1. The van der Waals surface area contributed by atoms with Crippen molar-refractivity contribution in [3.05, 3.63) is 0 Å². The van der Waals surface area contributed by atoms with Crippen molar-refractivity contribution < 1.29 is 9.90 Å². The maximum Gasteiger partial charge on any atom is 0.223 e. The molecular formula is C12H23NO2. The van der Waals surface area contributed by atoms with Crippen molar-refractivity contribution in [1.82, 2.24) is 5.32 Å². The minimum Gasteiger partial charge on any atom is -0.392 e. The lowest BCUT2D eigenvalue weighted by Crippen LogP contribution is -2.43. The van der Waals surface area contributed by atoms with Crippen LogP contribution in [0.4, 0.5) is 0 Å². The van der Waals surface area contributed by atoms with E-state index in [0.717, 1.165) is 19.3 Å². The topological polar surface area (TPSA) is 49.3 Å². The van der Waals surface area contributed by atoms with Crippen LogP contribution in [-0.2, 0) is 4.79 Å². The molecule has 1 amide bonds. The van der Waals surface area contributed by atoms with Gasteiger partial charge in [-0.1, -0.05) is 26.7 Å². The lowest BCUT2D eigenvalue weighted by Gasteiger charge is -2.37. The van der Waals surface area contributed by atoms with Gasteiger partial charge in [0.05, 0.1) is 6.10 Å². The first-order valence-electron chi connectivity index (χ1n) is 5.89. The predicted molar refractivity (Wildman–Crippen MR) is 60.4 cm³/mol. The monoisotopic (exact) mass is 213 g/mol. The SMILES string of the molecule is C[C@@H](O)CNC(=O)C1CCCCC1(C)C. The number of aliphatic hydroxyl groups is 1. The molecule has 2 atom stereocenters. The second kappa shape index (κ2) is 4.97. The molecule has 1 rings (SSSR count). The van der Waals surface area contributed by atoms with Crippen molar-refractivity contribution in [1.29, 1.82) is 0 Å². The van der Waals surface area contributed by atoms with Crippen molar-refractivity contribution in [2.45, 2.75) is 52.6 Å². The average Bonchev–Trinajstić information content (AvgIpc) is 2.13. The standard InChI is InChI=1S/C12H23NO2/c1-9(14)8-13-11(15)10-6-4-5-7-12(10,2)3/h9-10,14H,4-8H2,1-3H3,(H,13,15)/t9-,10?/m1/s1. The highest BCUT2D eigenvalue weighted by molar-refractivity contribution is 5.79. The van der Waals surface area contributed by atoms with Gasteiger partial charge in [0.15, 0.2) is 0 Å². The Bertz CT molecular complexity index is 224. The highest BCUT2D eigenvalue weighted by Gasteiger charge is 2.36. The number of hydrogen-bond acceptors (Lipinski definition) is 2. The molecule has 0 saturated heterocycles. The maximum atomic E-state index is 11.9. The Morgan fingerprint density at radius 2 is 2.20 bits per heavy atom. The Hall–Kier alpha value is -0.570. The van der Waals surface area contributed by atoms with Crippen molar-refractivity contribution in [3.8, 4) is 0 Å². The largest absolute Gasteiger partial charge is 0.392 e. The van der Waals surface area contributed by atoms with E-state index in [1.165, 1.54) is 6.42 Å². The first kappa shape index (κ1) is 12.5. The molecule has 1 unspecified atom stereocenters. The normalized spacial score (nSPS) is 27.1. The highest BCUT2D eigenvalue weighted by Crippen LogP contribution is 2.40. The van der Waals surface area contributed by atoms with Crippen LogP contribution in [0.15, 0.2) is 0 Å². The number of hydrogen-bond donors (Lipinski definition) is 2. The molecule has 88 valence electrons. The van der Waals surface area contributed by atoms with Crippen LogP contribution in [0.2, 0.25) is 0 Å². The Balaban J connectivity index is 2.49. The second-order valence-electron chi connectivity index (χ2n) is 5.38. The summed E-state index contributed by atoms with van der Waals surface area (Å²) in [6.45, 7) is 6.38. The van der Waals surface area contributed by atoms with Crippen molar-refractivity contribution in [3.63, 3.8) is 0 Å². The Kier molecular flexibility index (Phi) is 4.14. The zero-order chi connectivity index (χ0) is 11.5. The molecule has 0 aromatic heterocycles. The van der Waals surface area contributed by atoms with Crippen LogP contribution < -0.4 is 5.32 Å². The molecular weight excluding hydrogens is 190 g/mol. The van der Waals surface area contributed by atoms with Gasteiger partial charge in [-0.15, -0.1) is 0 Å².